The Morgan fingerprint density at radius 2 is 1.87 bits per heavy atom. The summed E-state index contributed by atoms with van der Waals surface area (Å²) in [6.07, 6.45) is 3.01. The zero-order chi connectivity index (χ0) is 21.5. The Kier molecular flexibility index (Phi) is 6.87. The maximum absolute atomic E-state index is 12.7. The van der Waals surface area contributed by atoms with Gasteiger partial charge in [-0.05, 0) is 29.8 Å². The summed E-state index contributed by atoms with van der Waals surface area (Å²) in [5.41, 5.74) is 3.42. The van der Waals surface area contributed by atoms with Gasteiger partial charge in [-0.15, -0.1) is 0 Å². The molecule has 1 heterocycles. The minimum atomic E-state index is -0.615. The van der Waals surface area contributed by atoms with Gasteiger partial charge in [-0.25, -0.2) is 5.43 Å². The summed E-state index contributed by atoms with van der Waals surface area (Å²) >= 11 is 6.29. The van der Waals surface area contributed by atoms with Gasteiger partial charge in [0.1, 0.15) is 5.56 Å². The first-order valence-electron chi connectivity index (χ1n) is 9.02. The van der Waals surface area contributed by atoms with Crippen LogP contribution in [0.25, 0.3) is 0 Å². The van der Waals surface area contributed by atoms with Crippen molar-refractivity contribution in [2.45, 2.75) is 6.54 Å². The zero-order valence-corrected chi connectivity index (χ0v) is 17.2. The third-order valence-electron chi connectivity index (χ3n) is 4.35. The van der Waals surface area contributed by atoms with E-state index in [1.807, 2.05) is 30.3 Å². The Morgan fingerprint density at radius 3 is 2.57 bits per heavy atom. The van der Waals surface area contributed by atoms with E-state index in [1.165, 1.54) is 31.1 Å². The van der Waals surface area contributed by atoms with Crippen LogP contribution in [0.3, 0.4) is 0 Å². The number of hydrogen-bond donors (Lipinski definition) is 1. The van der Waals surface area contributed by atoms with E-state index >= 15 is 0 Å². The second-order valence-corrected chi connectivity index (χ2v) is 6.62. The molecule has 0 radical (unpaired) electrons. The fourth-order valence-electron chi connectivity index (χ4n) is 2.84. The molecule has 8 heteroatoms. The molecule has 0 aliphatic carbocycles. The van der Waals surface area contributed by atoms with Gasteiger partial charge in [-0.2, -0.15) is 5.10 Å². The van der Waals surface area contributed by atoms with E-state index in [9.17, 15) is 9.59 Å². The largest absolute Gasteiger partial charge is 0.493 e. The Balaban J connectivity index is 1.76. The van der Waals surface area contributed by atoms with E-state index in [-0.39, 0.29) is 5.56 Å². The monoisotopic (exact) mass is 425 g/mol. The van der Waals surface area contributed by atoms with Crippen LogP contribution in [0, 0.1) is 0 Å². The average Bonchev–Trinajstić information content (AvgIpc) is 2.76. The molecule has 1 N–H and O–H groups in total. The normalized spacial score (nSPS) is 10.8. The van der Waals surface area contributed by atoms with E-state index in [0.717, 1.165) is 5.56 Å². The van der Waals surface area contributed by atoms with E-state index in [1.54, 1.807) is 24.4 Å². The minimum absolute atomic E-state index is 0.0102. The van der Waals surface area contributed by atoms with Crippen LogP contribution >= 0.6 is 11.6 Å². The third kappa shape index (κ3) is 4.69. The summed E-state index contributed by atoms with van der Waals surface area (Å²) in [5, 5.41) is 4.20. The van der Waals surface area contributed by atoms with Crippen molar-refractivity contribution in [1.29, 1.82) is 0 Å². The molecule has 2 aromatic carbocycles. The van der Waals surface area contributed by atoms with E-state index in [2.05, 4.69) is 10.5 Å². The number of carbonyl (C=O) groups excluding carboxylic acids is 1. The SMILES string of the molecule is COc1ccc(/C=N\NC(=O)c2cccn(Cc3ccccc3)c2=O)c(Cl)c1OC. The lowest BCUT2D eigenvalue weighted by atomic mass is 10.2. The molecule has 3 aromatic rings. The van der Waals surface area contributed by atoms with Crippen molar-refractivity contribution < 1.29 is 14.3 Å². The number of halogens is 1. The molecule has 1 aromatic heterocycles. The zero-order valence-electron chi connectivity index (χ0n) is 16.5. The van der Waals surface area contributed by atoms with Crippen molar-refractivity contribution in [2.24, 2.45) is 5.10 Å². The Bertz CT molecular complexity index is 1130. The van der Waals surface area contributed by atoms with Crippen LogP contribution in [0.2, 0.25) is 5.02 Å². The fraction of sp³-hybridized carbons (Fsp3) is 0.136. The molecule has 7 nitrogen and oxygen atoms in total. The first-order chi connectivity index (χ1) is 14.5. The topological polar surface area (TPSA) is 81.9 Å². The molecule has 3 rings (SSSR count). The summed E-state index contributed by atoms with van der Waals surface area (Å²) in [5.74, 6) is 0.225. The minimum Gasteiger partial charge on any atom is -0.493 e. The summed E-state index contributed by atoms with van der Waals surface area (Å²) in [6, 6.07) is 16.0. The number of aromatic nitrogens is 1. The predicted octanol–water partition coefficient (Wildman–Crippen LogP) is 3.33. The van der Waals surface area contributed by atoms with Crippen molar-refractivity contribution in [1.82, 2.24) is 9.99 Å². The number of hydrogen-bond acceptors (Lipinski definition) is 5. The van der Waals surface area contributed by atoms with Crippen molar-refractivity contribution >= 4 is 23.7 Å². The number of rotatable bonds is 7. The van der Waals surface area contributed by atoms with Crippen LogP contribution in [0.5, 0.6) is 11.5 Å². The molecule has 0 unspecified atom stereocenters. The molecule has 0 spiro atoms. The number of nitrogens with zero attached hydrogens (tertiary/aromatic N) is 2. The first-order valence-corrected chi connectivity index (χ1v) is 9.40. The van der Waals surface area contributed by atoms with Crippen molar-refractivity contribution in [2.75, 3.05) is 14.2 Å². The molecule has 0 fully saturated rings. The Morgan fingerprint density at radius 1 is 1.10 bits per heavy atom. The first kappa shape index (κ1) is 21.1. The van der Waals surface area contributed by atoms with Gasteiger partial charge in [-0.3, -0.25) is 9.59 Å². The molecule has 0 aliphatic heterocycles. The van der Waals surface area contributed by atoms with E-state index in [0.29, 0.717) is 28.6 Å². The molecule has 30 heavy (non-hydrogen) atoms. The van der Waals surface area contributed by atoms with Crippen LogP contribution in [0.1, 0.15) is 21.5 Å². The number of amides is 1. The molecule has 1 amide bonds. The van der Waals surface area contributed by atoms with Gasteiger partial charge >= 0.3 is 0 Å². The molecule has 0 saturated heterocycles. The highest BCUT2D eigenvalue weighted by atomic mass is 35.5. The van der Waals surface area contributed by atoms with Crippen LogP contribution in [0.15, 0.2) is 70.7 Å². The van der Waals surface area contributed by atoms with Gasteiger partial charge < -0.3 is 14.0 Å². The molecule has 0 atom stereocenters. The predicted molar refractivity (Wildman–Crippen MR) is 116 cm³/mol. The van der Waals surface area contributed by atoms with Gasteiger partial charge in [0.15, 0.2) is 11.5 Å². The van der Waals surface area contributed by atoms with Gasteiger partial charge in [0.25, 0.3) is 11.5 Å². The molecule has 0 bridgehead atoms. The summed E-state index contributed by atoms with van der Waals surface area (Å²) in [7, 11) is 2.98. The van der Waals surface area contributed by atoms with Crippen LogP contribution < -0.4 is 20.5 Å². The number of methoxy groups -OCH3 is 2. The highest BCUT2D eigenvalue weighted by Crippen LogP contribution is 2.36. The standard InChI is InChI=1S/C22H20ClN3O4/c1-29-18-11-10-16(19(23)20(18)30-2)13-24-25-21(27)17-9-6-12-26(22(17)28)14-15-7-4-3-5-8-15/h3-13H,14H2,1-2H3,(H,25,27)/b24-13-. The number of carbonyl (C=O) groups is 1. The van der Waals surface area contributed by atoms with Crippen LogP contribution in [-0.4, -0.2) is 30.9 Å². The molecular weight excluding hydrogens is 406 g/mol. The fourth-order valence-corrected chi connectivity index (χ4v) is 3.12. The smallest absolute Gasteiger partial charge is 0.276 e. The van der Waals surface area contributed by atoms with E-state index < -0.39 is 11.5 Å². The summed E-state index contributed by atoms with van der Waals surface area (Å²) in [6.45, 7) is 0.366. The van der Waals surface area contributed by atoms with Gasteiger partial charge in [0.05, 0.1) is 32.0 Å². The van der Waals surface area contributed by atoms with Crippen molar-refractivity contribution in [3.05, 3.63) is 92.9 Å². The maximum atomic E-state index is 12.7. The number of nitrogens with one attached hydrogen (secondary N) is 1. The summed E-state index contributed by atoms with van der Waals surface area (Å²) in [4.78, 5) is 25.1. The second-order valence-electron chi connectivity index (χ2n) is 6.24. The lowest BCUT2D eigenvalue weighted by Gasteiger charge is -2.10. The molecular formula is C22H20ClN3O4. The highest BCUT2D eigenvalue weighted by molar-refractivity contribution is 6.34. The third-order valence-corrected chi connectivity index (χ3v) is 4.74. The average molecular weight is 426 g/mol. The van der Waals surface area contributed by atoms with Gasteiger partial charge in [0, 0.05) is 11.8 Å². The number of pyridine rings is 1. The number of hydrazone groups is 1. The molecule has 154 valence electrons. The Labute approximate surface area is 178 Å². The van der Waals surface area contributed by atoms with Crippen molar-refractivity contribution in [3.8, 4) is 11.5 Å². The summed E-state index contributed by atoms with van der Waals surface area (Å²) < 4.78 is 11.9. The molecule has 0 saturated carbocycles. The van der Waals surface area contributed by atoms with Crippen LogP contribution in [-0.2, 0) is 6.54 Å². The highest BCUT2D eigenvalue weighted by Gasteiger charge is 2.13. The lowest BCUT2D eigenvalue weighted by Crippen LogP contribution is -2.30. The molecule has 0 aliphatic rings. The Hall–Kier alpha value is -3.58. The number of benzene rings is 2. The lowest BCUT2D eigenvalue weighted by molar-refractivity contribution is 0.0953. The second kappa shape index (κ2) is 9.76. The maximum Gasteiger partial charge on any atom is 0.276 e. The van der Waals surface area contributed by atoms with Crippen molar-refractivity contribution in [3.63, 3.8) is 0 Å². The van der Waals surface area contributed by atoms with Gasteiger partial charge in [-0.1, -0.05) is 41.9 Å². The van der Waals surface area contributed by atoms with E-state index in [4.69, 9.17) is 21.1 Å². The number of ether oxygens (including phenoxy) is 2. The van der Waals surface area contributed by atoms with Gasteiger partial charge in [0.2, 0.25) is 0 Å². The quantitative estimate of drug-likeness (QED) is 0.465. The van der Waals surface area contributed by atoms with Crippen LogP contribution in [0.4, 0.5) is 0 Å².